The summed E-state index contributed by atoms with van der Waals surface area (Å²) in [6, 6.07) is 4.79. The van der Waals surface area contributed by atoms with Gasteiger partial charge < -0.3 is 5.11 Å². The number of aliphatic hydroxyl groups excluding tert-OH is 1. The Bertz CT molecular complexity index is 577. The third kappa shape index (κ3) is 3.44. The van der Waals surface area contributed by atoms with Gasteiger partial charge in [-0.1, -0.05) is 24.1 Å². The van der Waals surface area contributed by atoms with Crippen LogP contribution in [0.25, 0.3) is 0 Å². The van der Waals surface area contributed by atoms with Gasteiger partial charge >= 0.3 is 10.2 Å². The number of piperidine rings is 1. The first kappa shape index (κ1) is 15.6. The molecule has 1 atom stereocenters. The number of rotatable bonds is 4. The maximum Gasteiger partial charge on any atom is 0.302 e. The second-order valence-electron chi connectivity index (χ2n) is 5.03. The van der Waals surface area contributed by atoms with Gasteiger partial charge in [0.05, 0.1) is 17.3 Å². The quantitative estimate of drug-likeness (QED) is 0.893. The Kier molecular flexibility index (Phi) is 4.90. The predicted molar refractivity (Wildman–Crippen MR) is 80.2 cm³/mol. The monoisotopic (exact) mass is 318 g/mol. The highest BCUT2D eigenvalue weighted by molar-refractivity contribution is 7.90. The molecular formula is C13H19ClN2O3S. The smallest absolute Gasteiger partial charge is 0.302 e. The fourth-order valence-corrected chi connectivity index (χ4v) is 4.22. The topological polar surface area (TPSA) is 69.6 Å². The van der Waals surface area contributed by atoms with Crippen molar-refractivity contribution in [3.8, 4) is 0 Å². The van der Waals surface area contributed by atoms with Gasteiger partial charge in [0.1, 0.15) is 0 Å². The van der Waals surface area contributed by atoms with Crippen LogP contribution in [-0.4, -0.2) is 37.0 Å². The lowest BCUT2D eigenvalue weighted by Gasteiger charge is -2.33. The van der Waals surface area contributed by atoms with E-state index in [1.165, 1.54) is 4.31 Å². The number of hydrogen-bond acceptors (Lipinski definition) is 3. The van der Waals surface area contributed by atoms with Crippen LogP contribution < -0.4 is 4.72 Å². The van der Waals surface area contributed by atoms with Gasteiger partial charge in [-0.3, -0.25) is 4.72 Å². The van der Waals surface area contributed by atoms with Gasteiger partial charge in [-0.15, -0.1) is 0 Å². The first-order chi connectivity index (χ1) is 9.44. The molecule has 1 aromatic carbocycles. The van der Waals surface area contributed by atoms with Gasteiger partial charge in [0, 0.05) is 12.6 Å². The summed E-state index contributed by atoms with van der Waals surface area (Å²) in [6.07, 6.45) is 2.42. The summed E-state index contributed by atoms with van der Waals surface area (Å²) in [7, 11) is -3.69. The normalized spacial score (nSPS) is 20.9. The highest BCUT2D eigenvalue weighted by atomic mass is 35.5. The van der Waals surface area contributed by atoms with Crippen molar-refractivity contribution in [2.75, 3.05) is 17.9 Å². The molecule has 20 heavy (non-hydrogen) atoms. The van der Waals surface area contributed by atoms with E-state index in [1.54, 1.807) is 18.2 Å². The summed E-state index contributed by atoms with van der Waals surface area (Å²) in [6.45, 7) is 2.14. The number of anilines is 1. The second-order valence-corrected chi connectivity index (χ2v) is 7.06. The molecule has 0 aromatic heterocycles. The molecule has 2 N–H and O–H groups in total. The zero-order valence-corrected chi connectivity index (χ0v) is 12.9. The van der Waals surface area contributed by atoms with Crippen LogP contribution in [0, 0.1) is 6.92 Å². The van der Waals surface area contributed by atoms with Crippen molar-refractivity contribution in [2.24, 2.45) is 0 Å². The van der Waals surface area contributed by atoms with Crippen LogP contribution in [0.4, 0.5) is 5.69 Å². The molecule has 1 aliphatic heterocycles. The summed E-state index contributed by atoms with van der Waals surface area (Å²) < 4.78 is 28.6. The minimum absolute atomic E-state index is 0.164. The molecule has 0 saturated carbocycles. The third-order valence-corrected chi connectivity index (χ3v) is 5.34. The van der Waals surface area contributed by atoms with Gasteiger partial charge in [-0.05, 0) is 37.5 Å². The molecule has 1 aromatic rings. The summed E-state index contributed by atoms with van der Waals surface area (Å²) >= 11 is 6.05. The Balaban J connectivity index is 2.21. The van der Waals surface area contributed by atoms with E-state index in [9.17, 15) is 13.5 Å². The minimum atomic E-state index is -3.69. The molecule has 0 radical (unpaired) electrons. The molecule has 1 heterocycles. The molecule has 112 valence electrons. The molecule has 1 aliphatic rings. The fourth-order valence-electron chi connectivity index (χ4n) is 2.37. The maximum atomic E-state index is 12.4. The van der Waals surface area contributed by atoms with Crippen molar-refractivity contribution in [1.29, 1.82) is 0 Å². The first-order valence-corrected chi connectivity index (χ1v) is 8.42. The lowest BCUT2D eigenvalue weighted by Crippen LogP contribution is -2.47. The van der Waals surface area contributed by atoms with Crippen molar-refractivity contribution >= 4 is 27.5 Å². The van der Waals surface area contributed by atoms with Crippen LogP contribution in [0.5, 0.6) is 0 Å². The summed E-state index contributed by atoms with van der Waals surface area (Å²) in [5, 5.41) is 9.69. The standard InChI is InChI=1S/C13H19ClN2O3S/c1-10-5-6-13(12(14)8-10)15-20(18,19)16-7-3-2-4-11(16)9-17/h5-6,8,11,15,17H,2-4,7,9H2,1H3. The SMILES string of the molecule is Cc1ccc(NS(=O)(=O)N2CCCCC2CO)c(Cl)c1. The highest BCUT2D eigenvalue weighted by Crippen LogP contribution is 2.26. The zero-order valence-electron chi connectivity index (χ0n) is 11.3. The molecule has 5 nitrogen and oxygen atoms in total. The summed E-state index contributed by atoms with van der Waals surface area (Å²) in [4.78, 5) is 0. The Hall–Kier alpha value is -0.820. The molecular weight excluding hydrogens is 300 g/mol. The molecule has 0 bridgehead atoms. The fraction of sp³-hybridized carbons (Fsp3) is 0.538. The maximum absolute atomic E-state index is 12.4. The average molecular weight is 319 g/mol. The number of hydrogen-bond donors (Lipinski definition) is 2. The summed E-state index contributed by atoms with van der Waals surface area (Å²) in [5.74, 6) is 0. The Morgan fingerprint density at radius 2 is 2.20 bits per heavy atom. The number of benzene rings is 1. The van der Waals surface area contributed by atoms with E-state index >= 15 is 0 Å². The van der Waals surface area contributed by atoms with E-state index in [2.05, 4.69) is 4.72 Å². The van der Waals surface area contributed by atoms with Crippen LogP contribution in [0.2, 0.25) is 5.02 Å². The van der Waals surface area contributed by atoms with Gasteiger partial charge in [-0.2, -0.15) is 12.7 Å². The molecule has 1 unspecified atom stereocenters. The largest absolute Gasteiger partial charge is 0.395 e. The van der Waals surface area contributed by atoms with Crippen molar-refractivity contribution in [2.45, 2.75) is 32.2 Å². The lowest BCUT2D eigenvalue weighted by atomic mass is 10.1. The molecule has 0 spiro atoms. The van der Waals surface area contributed by atoms with E-state index in [1.807, 2.05) is 6.92 Å². The molecule has 1 saturated heterocycles. The van der Waals surface area contributed by atoms with Crippen LogP contribution in [0.3, 0.4) is 0 Å². The Labute approximate surface area is 124 Å². The predicted octanol–water partition coefficient (Wildman–Crippen LogP) is 2.15. The number of nitrogens with zero attached hydrogens (tertiary/aromatic N) is 1. The van der Waals surface area contributed by atoms with E-state index in [0.29, 0.717) is 23.7 Å². The summed E-state index contributed by atoms with van der Waals surface area (Å²) in [5.41, 5.74) is 1.32. The van der Waals surface area contributed by atoms with Gasteiger partial charge in [0.2, 0.25) is 0 Å². The Morgan fingerprint density at radius 1 is 1.45 bits per heavy atom. The van der Waals surface area contributed by atoms with Crippen molar-refractivity contribution in [3.05, 3.63) is 28.8 Å². The van der Waals surface area contributed by atoms with Crippen LogP contribution >= 0.6 is 11.6 Å². The average Bonchev–Trinajstić information content (AvgIpc) is 2.42. The first-order valence-electron chi connectivity index (χ1n) is 6.60. The molecule has 0 amide bonds. The van der Waals surface area contributed by atoms with Gasteiger partial charge in [0.25, 0.3) is 0 Å². The van der Waals surface area contributed by atoms with Crippen molar-refractivity contribution in [3.63, 3.8) is 0 Å². The lowest BCUT2D eigenvalue weighted by molar-refractivity contribution is 0.156. The Morgan fingerprint density at radius 3 is 2.85 bits per heavy atom. The minimum Gasteiger partial charge on any atom is -0.395 e. The van der Waals surface area contributed by atoms with Gasteiger partial charge in [-0.25, -0.2) is 0 Å². The van der Waals surface area contributed by atoms with Crippen LogP contribution in [0.15, 0.2) is 18.2 Å². The molecule has 7 heteroatoms. The molecule has 2 rings (SSSR count). The van der Waals surface area contributed by atoms with Crippen LogP contribution in [-0.2, 0) is 10.2 Å². The van der Waals surface area contributed by atoms with Crippen LogP contribution in [0.1, 0.15) is 24.8 Å². The van der Waals surface area contributed by atoms with Crippen molar-refractivity contribution in [1.82, 2.24) is 4.31 Å². The highest BCUT2D eigenvalue weighted by Gasteiger charge is 2.32. The molecule has 1 fully saturated rings. The van der Waals surface area contributed by atoms with E-state index in [-0.39, 0.29) is 12.6 Å². The number of halogens is 1. The zero-order chi connectivity index (χ0) is 14.8. The number of aryl methyl sites for hydroxylation is 1. The number of aliphatic hydroxyl groups is 1. The van der Waals surface area contributed by atoms with E-state index < -0.39 is 10.2 Å². The number of nitrogens with one attached hydrogen (secondary N) is 1. The van der Waals surface area contributed by atoms with E-state index in [0.717, 1.165) is 18.4 Å². The van der Waals surface area contributed by atoms with Crippen molar-refractivity contribution < 1.29 is 13.5 Å². The second kappa shape index (κ2) is 6.30. The third-order valence-electron chi connectivity index (χ3n) is 3.46. The van der Waals surface area contributed by atoms with E-state index in [4.69, 9.17) is 11.6 Å². The molecule has 0 aliphatic carbocycles. The van der Waals surface area contributed by atoms with Gasteiger partial charge in [0.15, 0.2) is 0 Å².